The zero-order valence-electron chi connectivity index (χ0n) is 20.8. The van der Waals surface area contributed by atoms with Crippen molar-refractivity contribution in [3.8, 4) is 0 Å². The fourth-order valence-electron chi connectivity index (χ4n) is 4.31. The molecule has 3 heterocycles. The Kier molecular flexibility index (Phi) is 8.70. The number of hydrogen-bond donors (Lipinski definition) is 3. The third-order valence-corrected chi connectivity index (χ3v) is 10.3. The first-order valence-corrected chi connectivity index (χ1v) is 15.8. The molecule has 1 atom stereocenters. The Hall–Kier alpha value is -2.83. The molecule has 0 spiro atoms. The molecule has 3 N–H and O–H groups in total. The largest absolute Gasteiger partial charge is 0.379 e. The van der Waals surface area contributed by atoms with Crippen molar-refractivity contribution in [2.24, 2.45) is 0 Å². The number of thioether (sulfide) groups is 1. The number of sulfonamides is 1. The van der Waals surface area contributed by atoms with Crippen LogP contribution in [0.4, 0.5) is 5.69 Å². The number of benzene rings is 2. The van der Waals surface area contributed by atoms with Crippen molar-refractivity contribution in [2.75, 3.05) is 44.1 Å². The predicted octanol–water partition coefficient (Wildman–Crippen LogP) is 4.39. The summed E-state index contributed by atoms with van der Waals surface area (Å²) >= 11 is 2.99. The van der Waals surface area contributed by atoms with E-state index in [2.05, 4.69) is 32.1 Å². The summed E-state index contributed by atoms with van der Waals surface area (Å²) in [6, 6.07) is 20.6. The van der Waals surface area contributed by atoms with E-state index >= 15 is 0 Å². The van der Waals surface area contributed by atoms with Crippen LogP contribution in [0.15, 0.2) is 76.3 Å². The average molecular weight is 571 g/mol. The van der Waals surface area contributed by atoms with Gasteiger partial charge >= 0.3 is 0 Å². The molecule has 2 aromatic carbocycles. The summed E-state index contributed by atoms with van der Waals surface area (Å²) < 4.78 is 33.9. The number of aromatic nitrogens is 1. The smallest absolute Gasteiger partial charge is 0.271 e. The van der Waals surface area contributed by atoms with Gasteiger partial charge in [-0.3, -0.25) is 14.4 Å². The molecule has 1 fully saturated rings. The minimum absolute atomic E-state index is 0.204. The van der Waals surface area contributed by atoms with Crippen LogP contribution in [-0.2, 0) is 20.5 Å². The zero-order chi connectivity index (χ0) is 26.4. The van der Waals surface area contributed by atoms with Crippen LogP contribution in [0.3, 0.4) is 0 Å². The van der Waals surface area contributed by atoms with Crippen LogP contribution < -0.4 is 10.0 Å². The van der Waals surface area contributed by atoms with Crippen LogP contribution in [0.25, 0.3) is 10.9 Å². The van der Waals surface area contributed by atoms with Crippen molar-refractivity contribution in [2.45, 2.75) is 15.2 Å². The topological polar surface area (TPSA) is 104 Å². The van der Waals surface area contributed by atoms with Gasteiger partial charge in [0.05, 0.1) is 24.4 Å². The SMILES string of the molecule is O=C(NCC(CN1CCOCC1)SCc1ccccc1)c1cc2cccc(NS(=O)(=O)c3cccs3)c2[nH]1. The van der Waals surface area contributed by atoms with Crippen LogP contribution in [0, 0.1) is 0 Å². The third kappa shape index (κ3) is 6.78. The molecule has 1 amide bonds. The standard InChI is InChI=1S/C27H30N4O4S3/c32-27(28-17-22(18-31-11-13-35-14-12-31)37-19-20-6-2-1-3-7-20)24-16-21-8-4-9-23(26(21)29-24)30-38(33,34)25-10-5-15-36-25/h1-10,15-16,22,29-30H,11-14,17-19H2,(H,28,32). The number of H-pyrrole nitrogens is 1. The number of ether oxygens (including phenoxy) is 1. The van der Waals surface area contributed by atoms with Crippen molar-refractivity contribution in [1.82, 2.24) is 15.2 Å². The number of morpholine rings is 1. The minimum atomic E-state index is -3.71. The molecule has 4 aromatic rings. The lowest BCUT2D eigenvalue weighted by atomic mass is 10.2. The van der Waals surface area contributed by atoms with Gasteiger partial charge in [0.2, 0.25) is 0 Å². The molecule has 1 aliphatic rings. The number of para-hydroxylation sites is 1. The monoisotopic (exact) mass is 570 g/mol. The van der Waals surface area contributed by atoms with Crippen LogP contribution in [-0.4, -0.2) is 68.9 Å². The molecule has 1 aliphatic heterocycles. The van der Waals surface area contributed by atoms with E-state index in [-0.39, 0.29) is 15.4 Å². The molecule has 1 saturated heterocycles. The normalized spacial score (nSPS) is 15.4. The van der Waals surface area contributed by atoms with Crippen LogP contribution in [0.2, 0.25) is 0 Å². The highest BCUT2D eigenvalue weighted by Gasteiger charge is 2.21. The maximum absolute atomic E-state index is 13.1. The van der Waals surface area contributed by atoms with Crippen molar-refractivity contribution in [3.63, 3.8) is 0 Å². The fourth-order valence-corrected chi connectivity index (χ4v) is 7.52. The van der Waals surface area contributed by atoms with Gasteiger partial charge in [0, 0.05) is 42.6 Å². The summed E-state index contributed by atoms with van der Waals surface area (Å²) in [4.78, 5) is 18.7. The molecule has 2 aromatic heterocycles. The Labute approximate surface area is 230 Å². The maximum Gasteiger partial charge on any atom is 0.271 e. The van der Waals surface area contributed by atoms with Gasteiger partial charge in [0.25, 0.3) is 15.9 Å². The second-order valence-electron chi connectivity index (χ2n) is 9.03. The first kappa shape index (κ1) is 26.8. The molecule has 200 valence electrons. The van der Waals surface area contributed by atoms with Gasteiger partial charge in [0.1, 0.15) is 9.90 Å². The van der Waals surface area contributed by atoms with Crippen LogP contribution in [0.1, 0.15) is 16.1 Å². The average Bonchev–Trinajstić information content (AvgIpc) is 3.63. The van der Waals surface area contributed by atoms with Crippen molar-refractivity contribution in [3.05, 3.63) is 83.4 Å². The van der Waals surface area contributed by atoms with E-state index in [0.29, 0.717) is 23.4 Å². The molecule has 11 heteroatoms. The summed E-state index contributed by atoms with van der Waals surface area (Å²) in [6.07, 6.45) is 0. The van der Waals surface area contributed by atoms with E-state index in [1.807, 2.05) is 36.0 Å². The van der Waals surface area contributed by atoms with Gasteiger partial charge in [-0.2, -0.15) is 11.8 Å². The van der Waals surface area contributed by atoms with E-state index in [1.54, 1.807) is 35.7 Å². The number of rotatable bonds is 11. The Bertz CT molecular complexity index is 1450. The lowest BCUT2D eigenvalue weighted by Crippen LogP contribution is -2.43. The van der Waals surface area contributed by atoms with Gasteiger partial charge in [0.15, 0.2) is 0 Å². The van der Waals surface area contributed by atoms with E-state index in [9.17, 15) is 13.2 Å². The number of anilines is 1. The third-order valence-electron chi connectivity index (χ3n) is 6.29. The van der Waals surface area contributed by atoms with Gasteiger partial charge < -0.3 is 15.0 Å². The van der Waals surface area contributed by atoms with Gasteiger partial charge in [-0.15, -0.1) is 11.3 Å². The van der Waals surface area contributed by atoms with Crippen molar-refractivity contribution < 1.29 is 17.9 Å². The summed E-state index contributed by atoms with van der Waals surface area (Å²) in [5.41, 5.74) is 2.62. The zero-order valence-corrected chi connectivity index (χ0v) is 23.2. The Morgan fingerprint density at radius 2 is 1.89 bits per heavy atom. The first-order chi connectivity index (χ1) is 18.5. The fraction of sp³-hybridized carbons (Fsp3) is 0.296. The number of thiophene rings is 1. The first-order valence-electron chi connectivity index (χ1n) is 12.4. The summed E-state index contributed by atoms with van der Waals surface area (Å²) in [5, 5.41) is 5.77. The molecule has 0 saturated carbocycles. The van der Waals surface area contributed by atoms with E-state index < -0.39 is 10.0 Å². The van der Waals surface area contributed by atoms with Crippen molar-refractivity contribution >= 4 is 55.6 Å². The molecular weight excluding hydrogens is 541 g/mol. The second kappa shape index (κ2) is 12.4. The highest BCUT2D eigenvalue weighted by atomic mass is 32.2. The highest BCUT2D eigenvalue weighted by Crippen LogP contribution is 2.27. The number of nitrogens with zero attached hydrogens (tertiary/aromatic N) is 1. The number of nitrogens with one attached hydrogen (secondary N) is 3. The quantitative estimate of drug-likeness (QED) is 0.247. The number of hydrogen-bond acceptors (Lipinski definition) is 7. The number of fused-ring (bicyclic) bond motifs is 1. The molecule has 8 nitrogen and oxygen atoms in total. The molecule has 0 radical (unpaired) electrons. The molecule has 5 rings (SSSR count). The van der Waals surface area contributed by atoms with Gasteiger partial charge in [-0.05, 0) is 29.1 Å². The number of carbonyl (C=O) groups is 1. The molecule has 38 heavy (non-hydrogen) atoms. The number of carbonyl (C=O) groups excluding carboxylic acids is 1. The summed E-state index contributed by atoms with van der Waals surface area (Å²) in [6.45, 7) is 4.63. The summed E-state index contributed by atoms with van der Waals surface area (Å²) in [5.74, 6) is 0.645. The lowest BCUT2D eigenvalue weighted by molar-refractivity contribution is 0.0381. The molecule has 1 unspecified atom stereocenters. The van der Waals surface area contributed by atoms with Crippen LogP contribution in [0.5, 0.6) is 0 Å². The maximum atomic E-state index is 13.1. The predicted molar refractivity (Wildman–Crippen MR) is 155 cm³/mol. The lowest BCUT2D eigenvalue weighted by Gasteiger charge is -2.30. The second-order valence-corrected chi connectivity index (χ2v) is 13.2. The molecule has 0 bridgehead atoms. The minimum Gasteiger partial charge on any atom is -0.379 e. The van der Waals surface area contributed by atoms with Gasteiger partial charge in [-0.25, -0.2) is 8.42 Å². The summed E-state index contributed by atoms with van der Waals surface area (Å²) in [7, 11) is -3.71. The Morgan fingerprint density at radius 3 is 2.66 bits per heavy atom. The van der Waals surface area contributed by atoms with E-state index in [0.717, 1.165) is 55.3 Å². The van der Waals surface area contributed by atoms with Crippen molar-refractivity contribution in [1.29, 1.82) is 0 Å². The number of amides is 1. The van der Waals surface area contributed by atoms with E-state index in [1.165, 1.54) is 5.56 Å². The molecular formula is C27H30N4O4S3. The van der Waals surface area contributed by atoms with Gasteiger partial charge in [-0.1, -0.05) is 48.5 Å². The van der Waals surface area contributed by atoms with Crippen LogP contribution >= 0.6 is 23.1 Å². The number of aromatic amines is 1. The Morgan fingerprint density at radius 1 is 1.08 bits per heavy atom. The Balaban J connectivity index is 1.26. The van der Waals surface area contributed by atoms with E-state index in [4.69, 9.17) is 4.74 Å². The highest BCUT2D eigenvalue weighted by molar-refractivity contribution is 7.99. The molecule has 0 aliphatic carbocycles.